The van der Waals surface area contributed by atoms with E-state index in [9.17, 15) is 4.79 Å². The van der Waals surface area contributed by atoms with Crippen LogP contribution in [0, 0.1) is 13.8 Å². The molecule has 2 aromatic heterocycles. The first-order chi connectivity index (χ1) is 12.5. The van der Waals surface area contributed by atoms with Gasteiger partial charge in [-0.3, -0.25) is 10.1 Å². The molecule has 0 bridgehead atoms. The molecule has 136 valence electrons. The van der Waals surface area contributed by atoms with E-state index >= 15 is 0 Å². The highest BCUT2D eigenvalue weighted by molar-refractivity contribution is 8.00. The fourth-order valence-electron chi connectivity index (χ4n) is 2.45. The summed E-state index contributed by atoms with van der Waals surface area (Å²) < 4.78 is 2.03. The quantitative estimate of drug-likeness (QED) is 0.650. The third kappa shape index (κ3) is 3.94. The molecule has 9 heteroatoms. The van der Waals surface area contributed by atoms with Crippen molar-refractivity contribution in [3.8, 4) is 11.4 Å². The van der Waals surface area contributed by atoms with Gasteiger partial charge in [0.2, 0.25) is 11.0 Å². The lowest BCUT2D eigenvalue weighted by atomic mass is 10.1. The Kier molecular flexibility index (Phi) is 5.67. The summed E-state index contributed by atoms with van der Waals surface area (Å²) in [5, 5.41) is 21.0. The van der Waals surface area contributed by atoms with E-state index in [1.54, 1.807) is 0 Å². The first kappa shape index (κ1) is 18.5. The molecule has 0 aliphatic rings. The van der Waals surface area contributed by atoms with E-state index < -0.39 is 0 Å². The third-order valence-electron chi connectivity index (χ3n) is 3.83. The van der Waals surface area contributed by atoms with Crippen LogP contribution in [0.1, 0.15) is 24.4 Å². The monoisotopic (exact) mass is 388 g/mol. The highest BCUT2D eigenvalue weighted by Gasteiger charge is 2.21. The molecule has 0 saturated carbocycles. The SMILES string of the molecule is CCn1c(S[C@@H](C)C(=O)Nc2nnc(C)s2)nnc1-c1ccccc1C. The zero-order chi connectivity index (χ0) is 18.7. The lowest BCUT2D eigenvalue weighted by Gasteiger charge is -2.12. The van der Waals surface area contributed by atoms with Crippen molar-refractivity contribution in [1.82, 2.24) is 25.0 Å². The van der Waals surface area contributed by atoms with E-state index in [-0.39, 0.29) is 11.2 Å². The lowest BCUT2D eigenvalue weighted by molar-refractivity contribution is -0.115. The number of nitrogens with one attached hydrogen (secondary N) is 1. The number of anilines is 1. The summed E-state index contributed by atoms with van der Waals surface area (Å²) in [5.74, 6) is 0.690. The molecule has 0 radical (unpaired) electrons. The number of carbonyl (C=O) groups excluding carboxylic acids is 1. The van der Waals surface area contributed by atoms with Crippen molar-refractivity contribution in [3.05, 3.63) is 34.8 Å². The fraction of sp³-hybridized carbons (Fsp3) is 0.353. The fourth-order valence-corrected chi connectivity index (χ4v) is 3.96. The maximum atomic E-state index is 12.4. The summed E-state index contributed by atoms with van der Waals surface area (Å²) in [6.45, 7) is 8.52. The molecule has 0 aliphatic carbocycles. The predicted molar refractivity (Wildman–Crippen MR) is 104 cm³/mol. The van der Waals surface area contributed by atoms with Gasteiger partial charge in [0.1, 0.15) is 5.01 Å². The number of thioether (sulfide) groups is 1. The van der Waals surface area contributed by atoms with E-state index in [2.05, 4.69) is 38.7 Å². The number of amides is 1. The second-order valence-corrected chi connectivity index (χ2v) is 8.23. The van der Waals surface area contributed by atoms with Gasteiger partial charge < -0.3 is 4.57 Å². The molecule has 3 rings (SSSR count). The predicted octanol–water partition coefficient (Wildman–Crippen LogP) is 3.55. The van der Waals surface area contributed by atoms with Gasteiger partial charge in [-0.05, 0) is 33.3 Å². The van der Waals surface area contributed by atoms with Gasteiger partial charge in [-0.1, -0.05) is 47.4 Å². The summed E-state index contributed by atoms with van der Waals surface area (Å²) >= 11 is 2.74. The molecule has 1 aromatic carbocycles. The molecule has 1 amide bonds. The zero-order valence-corrected chi connectivity index (χ0v) is 16.7. The number of hydrogen-bond acceptors (Lipinski definition) is 7. The van der Waals surface area contributed by atoms with Crippen LogP contribution in [-0.2, 0) is 11.3 Å². The average Bonchev–Trinajstić information content (AvgIpc) is 3.21. The largest absolute Gasteiger partial charge is 0.302 e. The van der Waals surface area contributed by atoms with Gasteiger partial charge in [0.25, 0.3) is 0 Å². The molecule has 0 aliphatic heterocycles. The van der Waals surface area contributed by atoms with Crippen molar-refractivity contribution in [3.63, 3.8) is 0 Å². The molecular weight excluding hydrogens is 368 g/mol. The van der Waals surface area contributed by atoms with Crippen LogP contribution < -0.4 is 5.32 Å². The third-order valence-corrected chi connectivity index (χ3v) is 5.66. The van der Waals surface area contributed by atoms with Crippen molar-refractivity contribution >= 4 is 34.1 Å². The molecular formula is C17H20N6OS2. The normalized spacial score (nSPS) is 12.2. The summed E-state index contributed by atoms with van der Waals surface area (Å²) in [4.78, 5) is 12.4. The van der Waals surface area contributed by atoms with E-state index in [0.29, 0.717) is 5.13 Å². The van der Waals surface area contributed by atoms with Crippen LogP contribution in [0.3, 0.4) is 0 Å². The molecule has 0 fully saturated rings. The molecule has 0 unspecified atom stereocenters. The number of hydrogen-bond donors (Lipinski definition) is 1. The van der Waals surface area contributed by atoms with Crippen LogP contribution >= 0.6 is 23.1 Å². The van der Waals surface area contributed by atoms with E-state index in [1.165, 1.54) is 23.1 Å². The first-order valence-electron chi connectivity index (χ1n) is 8.26. The minimum atomic E-state index is -0.335. The molecule has 1 atom stereocenters. The van der Waals surface area contributed by atoms with Crippen LogP contribution in [0.2, 0.25) is 0 Å². The van der Waals surface area contributed by atoms with Gasteiger partial charge in [-0.25, -0.2) is 0 Å². The highest BCUT2D eigenvalue weighted by Crippen LogP contribution is 2.29. The Morgan fingerprint density at radius 1 is 1.23 bits per heavy atom. The molecule has 2 heterocycles. The molecule has 0 saturated heterocycles. The van der Waals surface area contributed by atoms with Crippen LogP contribution in [0.25, 0.3) is 11.4 Å². The van der Waals surface area contributed by atoms with E-state index in [0.717, 1.165) is 33.7 Å². The standard InChI is InChI=1S/C17H20N6OS2/c1-5-23-14(13-9-7-6-8-10(13)2)20-22-17(23)25-11(3)15(24)18-16-21-19-12(4)26-16/h6-9,11H,5H2,1-4H3,(H,18,21,24)/t11-/m0/s1. The van der Waals surface area contributed by atoms with Gasteiger partial charge in [-0.2, -0.15) is 0 Å². The van der Waals surface area contributed by atoms with Gasteiger partial charge in [0.05, 0.1) is 5.25 Å². The molecule has 0 spiro atoms. The summed E-state index contributed by atoms with van der Waals surface area (Å²) in [7, 11) is 0. The second-order valence-electron chi connectivity index (χ2n) is 5.74. The van der Waals surface area contributed by atoms with Crippen molar-refractivity contribution in [2.24, 2.45) is 0 Å². The van der Waals surface area contributed by atoms with Crippen molar-refractivity contribution in [2.75, 3.05) is 5.32 Å². The summed E-state index contributed by atoms with van der Waals surface area (Å²) in [5.41, 5.74) is 2.19. The van der Waals surface area contributed by atoms with E-state index in [1.807, 2.05) is 43.5 Å². The summed E-state index contributed by atoms with van der Waals surface area (Å²) in [6.07, 6.45) is 0. The maximum absolute atomic E-state index is 12.4. The number of benzene rings is 1. The average molecular weight is 389 g/mol. The lowest BCUT2D eigenvalue weighted by Crippen LogP contribution is -2.22. The minimum Gasteiger partial charge on any atom is -0.302 e. The number of nitrogens with zero attached hydrogens (tertiary/aromatic N) is 5. The highest BCUT2D eigenvalue weighted by atomic mass is 32.2. The Morgan fingerprint density at radius 3 is 2.65 bits per heavy atom. The number of aromatic nitrogens is 5. The van der Waals surface area contributed by atoms with Gasteiger partial charge >= 0.3 is 0 Å². The van der Waals surface area contributed by atoms with Crippen LogP contribution in [-0.4, -0.2) is 36.1 Å². The number of aryl methyl sites for hydroxylation is 2. The van der Waals surface area contributed by atoms with Crippen LogP contribution in [0.5, 0.6) is 0 Å². The first-order valence-corrected chi connectivity index (χ1v) is 9.96. The summed E-state index contributed by atoms with van der Waals surface area (Å²) in [6, 6.07) is 8.08. The molecule has 26 heavy (non-hydrogen) atoms. The van der Waals surface area contributed by atoms with Crippen LogP contribution in [0.4, 0.5) is 5.13 Å². The second kappa shape index (κ2) is 7.96. The Morgan fingerprint density at radius 2 is 2.00 bits per heavy atom. The molecule has 3 aromatic rings. The van der Waals surface area contributed by atoms with Crippen molar-refractivity contribution in [1.29, 1.82) is 0 Å². The molecule has 1 N–H and O–H groups in total. The maximum Gasteiger partial charge on any atom is 0.239 e. The molecule has 7 nitrogen and oxygen atoms in total. The van der Waals surface area contributed by atoms with Crippen molar-refractivity contribution in [2.45, 2.75) is 44.6 Å². The topological polar surface area (TPSA) is 85.6 Å². The minimum absolute atomic E-state index is 0.130. The van der Waals surface area contributed by atoms with Crippen LogP contribution in [0.15, 0.2) is 29.4 Å². The zero-order valence-electron chi connectivity index (χ0n) is 15.1. The number of carbonyl (C=O) groups is 1. The van der Waals surface area contributed by atoms with Gasteiger partial charge in [-0.15, -0.1) is 20.4 Å². The van der Waals surface area contributed by atoms with Gasteiger partial charge in [0, 0.05) is 12.1 Å². The Bertz CT molecular complexity index is 920. The smallest absolute Gasteiger partial charge is 0.239 e. The Balaban J connectivity index is 1.77. The Hall–Kier alpha value is -2.26. The van der Waals surface area contributed by atoms with Crippen molar-refractivity contribution < 1.29 is 4.79 Å². The Labute approximate surface area is 160 Å². The number of rotatable bonds is 6. The van der Waals surface area contributed by atoms with E-state index in [4.69, 9.17) is 0 Å². The van der Waals surface area contributed by atoms with Gasteiger partial charge in [0.15, 0.2) is 11.0 Å².